The van der Waals surface area contributed by atoms with Crippen LogP contribution in [0.4, 0.5) is 5.69 Å². The van der Waals surface area contributed by atoms with E-state index in [1.807, 2.05) is 38.1 Å². The van der Waals surface area contributed by atoms with Crippen molar-refractivity contribution in [3.8, 4) is 11.5 Å². The number of amides is 1. The summed E-state index contributed by atoms with van der Waals surface area (Å²) in [5.41, 5.74) is 1.91. The Labute approximate surface area is 117 Å². The molecule has 0 bridgehead atoms. The van der Waals surface area contributed by atoms with Crippen LogP contribution in [0, 0.1) is 6.92 Å². The number of phenols is 2. The quantitative estimate of drug-likeness (QED) is 0.843. The standard InChI is InChI=1S/C16H17NO3/c1-3-17(12-7-4-6-11(2)10-12)16(20)13-8-5-9-14(18)15(13)19/h4-10,18-19H,3H2,1-2H3. The lowest BCUT2D eigenvalue weighted by molar-refractivity contribution is 0.0985. The van der Waals surface area contributed by atoms with Gasteiger partial charge in [0.1, 0.15) is 0 Å². The van der Waals surface area contributed by atoms with Gasteiger partial charge < -0.3 is 15.1 Å². The first-order valence-electron chi connectivity index (χ1n) is 6.44. The van der Waals surface area contributed by atoms with Crippen LogP contribution in [0.2, 0.25) is 0 Å². The molecule has 0 aliphatic carbocycles. The SMILES string of the molecule is CCN(C(=O)c1cccc(O)c1O)c1cccc(C)c1. The second kappa shape index (κ2) is 5.65. The number of hydrogen-bond donors (Lipinski definition) is 2. The first-order valence-corrected chi connectivity index (χ1v) is 6.44. The molecule has 2 aromatic rings. The fraction of sp³-hybridized carbons (Fsp3) is 0.188. The molecule has 0 aliphatic heterocycles. The molecular weight excluding hydrogens is 254 g/mol. The van der Waals surface area contributed by atoms with E-state index in [9.17, 15) is 15.0 Å². The van der Waals surface area contributed by atoms with Crippen molar-refractivity contribution < 1.29 is 15.0 Å². The number of hydrogen-bond acceptors (Lipinski definition) is 3. The van der Waals surface area contributed by atoms with E-state index in [2.05, 4.69) is 0 Å². The Balaban J connectivity index is 2.42. The molecule has 0 atom stereocenters. The van der Waals surface area contributed by atoms with Crippen LogP contribution >= 0.6 is 0 Å². The predicted octanol–water partition coefficient (Wildman–Crippen LogP) is 3.07. The molecule has 4 heteroatoms. The van der Waals surface area contributed by atoms with Gasteiger partial charge in [-0.05, 0) is 43.7 Å². The fourth-order valence-electron chi connectivity index (χ4n) is 2.09. The van der Waals surface area contributed by atoms with E-state index in [-0.39, 0.29) is 23.0 Å². The molecule has 0 unspecified atom stereocenters. The average Bonchev–Trinajstić information content (AvgIpc) is 2.42. The smallest absolute Gasteiger partial charge is 0.262 e. The van der Waals surface area contributed by atoms with Gasteiger partial charge in [-0.3, -0.25) is 4.79 Å². The zero-order valence-corrected chi connectivity index (χ0v) is 11.5. The summed E-state index contributed by atoms with van der Waals surface area (Å²) in [6, 6.07) is 11.9. The van der Waals surface area contributed by atoms with Crippen LogP contribution in [0.15, 0.2) is 42.5 Å². The number of rotatable bonds is 3. The lowest BCUT2D eigenvalue weighted by Gasteiger charge is -2.22. The van der Waals surface area contributed by atoms with Crippen molar-refractivity contribution in [3.63, 3.8) is 0 Å². The Hall–Kier alpha value is -2.49. The Morgan fingerprint density at radius 3 is 2.50 bits per heavy atom. The average molecular weight is 271 g/mol. The monoisotopic (exact) mass is 271 g/mol. The summed E-state index contributed by atoms with van der Waals surface area (Å²) < 4.78 is 0. The molecule has 2 N–H and O–H groups in total. The Bertz CT molecular complexity index is 637. The maximum absolute atomic E-state index is 12.5. The summed E-state index contributed by atoms with van der Waals surface area (Å²) in [5.74, 6) is -1.02. The van der Waals surface area contributed by atoms with Crippen molar-refractivity contribution in [2.24, 2.45) is 0 Å². The van der Waals surface area contributed by atoms with E-state index in [1.54, 1.807) is 4.90 Å². The fourth-order valence-corrected chi connectivity index (χ4v) is 2.09. The van der Waals surface area contributed by atoms with Gasteiger partial charge in [-0.1, -0.05) is 18.2 Å². The van der Waals surface area contributed by atoms with Gasteiger partial charge in [0, 0.05) is 12.2 Å². The van der Waals surface area contributed by atoms with Crippen LogP contribution in [-0.4, -0.2) is 22.7 Å². The Morgan fingerprint density at radius 2 is 1.85 bits per heavy atom. The van der Waals surface area contributed by atoms with E-state index >= 15 is 0 Å². The molecule has 0 aromatic heterocycles. The molecule has 0 aliphatic rings. The summed E-state index contributed by atoms with van der Waals surface area (Å²) in [4.78, 5) is 14.1. The zero-order chi connectivity index (χ0) is 14.7. The number of phenolic OH excluding ortho intramolecular Hbond substituents is 2. The van der Waals surface area contributed by atoms with Crippen LogP contribution in [0.5, 0.6) is 11.5 Å². The van der Waals surface area contributed by atoms with Crippen LogP contribution < -0.4 is 4.90 Å². The molecule has 0 saturated heterocycles. The number of para-hydroxylation sites is 1. The first kappa shape index (κ1) is 13.9. The minimum atomic E-state index is -0.386. The van der Waals surface area contributed by atoms with Gasteiger partial charge in [0.05, 0.1) is 5.56 Å². The maximum Gasteiger partial charge on any atom is 0.262 e. The van der Waals surface area contributed by atoms with E-state index in [0.717, 1.165) is 11.3 Å². The number of carbonyl (C=O) groups is 1. The number of carbonyl (C=O) groups excluding carboxylic acids is 1. The van der Waals surface area contributed by atoms with Crippen molar-refractivity contribution in [1.29, 1.82) is 0 Å². The van der Waals surface area contributed by atoms with Gasteiger partial charge in [-0.15, -0.1) is 0 Å². The van der Waals surface area contributed by atoms with E-state index in [4.69, 9.17) is 0 Å². The third kappa shape index (κ3) is 2.59. The highest BCUT2D eigenvalue weighted by atomic mass is 16.3. The van der Waals surface area contributed by atoms with Gasteiger partial charge >= 0.3 is 0 Å². The maximum atomic E-state index is 12.5. The highest BCUT2D eigenvalue weighted by Crippen LogP contribution is 2.30. The molecule has 1 amide bonds. The lowest BCUT2D eigenvalue weighted by atomic mass is 10.1. The van der Waals surface area contributed by atoms with Crippen LogP contribution in [0.25, 0.3) is 0 Å². The molecule has 104 valence electrons. The van der Waals surface area contributed by atoms with Crippen molar-refractivity contribution >= 4 is 11.6 Å². The van der Waals surface area contributed by atoms with Gasteiger partial charge in [-0.25, -0.2) is 0 Å². The molecule has 0 fully saturated rings. The minimum Gasteiger partial charge on any atom is -0.504 e. The summed E-state index contributed by atoms with van der Waals surface area (Å²) in [6.45, 7) is 4.28. The summed E-state index contributed by atoms with van der Waals surface area (Å²) in [5, 5.41) is 19.3. The Morgan fingerprint density at radius 1 is 1.15 bits per heavy atom. The van der Waals surface area contributed by atoms with Crippen molar-refractivity contribution in [2.45, 2.75) is 13.8 Å². The first-order chi connectivity index (χ1) is 9.54. The van der Waals surface area contributed by atoms with Crippen molar-refractivity contribution in [1.82, 2.24) is 0 Å². The van der Waals surface area contributed by atoms with Gasteiger partial charge in [0.15, 0.2) is 11.5 Å². The third-order valence-corrected chi connectivity index (χ3v) is 3.12. The lowest BCUT2D eigenvalue weighted by Crippen LogP contribution is -2.30. The molecule has 20 heavy (non-hydrogen) atoms. The second-order valence-corrected chi connectivity index (χ2v) is 4.56. The highest BCUT2D eigenvalue weighted by Gasteiger charge is 2.20. The van der Waals surface area contributed by atoms with E-state index in [0.29, 0.717) is 6.54 Å². The van der Waals surface area contributed by atoms with Crippen molar-refractivity contribution in [2.75, 3.05) is 11.4 Å². The molecule has 0 saturated carbocycles. The van der Waals surface area contributed by atoms with E-state index < -0.39 is 0 Å². The zero-order valence-electron chi connectivity index (χ0n) is 11.5. The topological polar surface area (TPSA) is 60.8 Å². The van der Waals surface area contributed by atoms with Crippen molar-refractivity contribution in [3.05, 3.63) is 53.6 Å². The second-order valence-electron chi connectivity index (χ2n) is 4.56. The Kier molecular flexibility index (Phi) is 3.94. The summed E-state index contributed by atoms with van der Waals surface area (Å²) in [6.07, 6.45) is 0. The summed E-state index contributed by atoms with van der Waals surface area (Å²) in [7, 11) is 0. The number of anilines is 1. The van der Waals surface area contributed by atoms with Crippen LogP contribution in [0.3, 0.4) is 0 Å². The van der Waals surface area contributed by atoms with Gasteiger partial charge in [0.25, 0.3) is 5.91 Å². The predicted molar refractivity (Wildman–Crippen MR) is 78.3 cm³/mol. The molecular formula is C16H17NO3. The number of nitrogens with zero attached hydrogens (tertiary/aromatic N) is 1. The van der Waals surface area contributed by atoms with Gasteiger partial charge in [0.2, 0.25) is 0 Å². The highest BCUT2D eigenvalue weighted by molar-refractivity contribution is 6.08. The molecule has 0 radical (unpaired) electrons. The number of aryl methyl sites for hydroxylation is 1. The largest absolute Gasteiger partial charge is 0.504 e. The summed E-state index contributed by atoms with van der Waals surface area (Å²) >= 11 is 0. The number of aromatic hydroxyl groups is 2. The van der Waals surface area contributed by atoms with Crippen LogP contribution in [-0.2, 0) is 0 Å². The number of benzene rings is 2. The van der Waals surface area contributed by atoms with E-state index in [1.165, 1.54) is 18.2 Å². The molecule has 4 nitrogen and oxygen atoms in total. The third-order valence-electron chi connectivity index (χ3n) is 3.12. The molecule has 0 spiro atoms. The molecule has 0 heterocycles. The molecule has 2 aromatic carbocycles. The minimum absolute atomic E-state index is 0.0911. The molecule has 2 rings (SSSR count). The normalized spacial score (nSPS) is 10.3. The van der Waals surface area contributed by atoms with Gasteiger partial charge in [-0.2, -0.15) is 0 Å². The van der Waals surface area contributed by atoms with Crippen LogP contribution in [0.1, 0.15) is 22.8 Å².